The molecule has 1 atom stereocenters. The van der Waals surface area contributed by atoms with Gasteiger partial charge in [-0.15, -0.1) is 0 Å². The number of ether oxygens (including phenoxy) is 1. The van der Waals surface area contributed by atoms with E-state index < -0.39 is 5.82 Å². The summed E-state index contributed by atoms with van der Waals surface area (Å²) < 4.78 is 18.1. The van der Waals surface area contributed by atoms with Crippen LogP contribution in [0.3, 0.4) is 0 Å². The first-order valence-corrected chi connectivity index (χ1v) is 6.32. The van der Waals surface area contributed by atoms with Gasteiger partial charge in [-0.25, -0.2) is 4.39 Å². The lowest BCUT2D eigenvalue weighted by molar-refractivity contribution is -0.120. The second kappa shape index (κ2) is 7.09. The fourth-order valence-electron chi connectivity index (χ4n) is 1.86. The molecule has 0 saturated carbocycles. The van der Waals surface area contributed by atoms with Gasteiger partial charge in [-0.2, -0.15) is 0 Å². The van der Waals surface area contributed by atoms with Crippen LogP contribution in [0.4, 0.5) is 10.1 Å². The highest BCUT2D eigenvalue weighted by Gasteiger charge is 2.18. The molecule has 0 fully saturated rings. The van der Waals surface area contributed by atoms with Gasteiger partial charge in [-0.05, 0) is 24.5 Å². The fraction of sp³-hybridized carbons (Fsp3) is 0.500. The van der Waals surface area contributed by atoms with Gasteiger partial charge in [0.15, 0.2) is 11.6 Å². The molecular formula is C14H21FN2O2. The number of hydrogen-bond donors (Lipinski definition) is 2. The Morgan fingerprint density at radius 2 is 2.16 bits per heavy atom. The van der Waals surface area contributed by atoms with E-state index in [9.17, 15) is 9.18 Å². The minimum absolute atomic E-state index is 0.103. The Kier molecular flexibility index (Phi) is 5.76. The predicted octanol–water partition coefficient (Wildman–Crippen LogP) is 2.39. The molecule has 0 aliphatic rings. The number of hydrogen-bond acceptors (Lipinski definition) is 3. The molecule has 5 heteroatoms. The van der Waals surface area contributed by atoms with E-state index in [4.69, 9.17) is 10.5 Å². The van der Waals surface area contributed by atoms with E-state index in [1.807, 2.05) is 13.8 Å². The Hall–Kier alpha value is -1.62. The number of nitrogens with two attached hydrogens (primary N) is 1. The largest absolute Gasteiger partial charge is 0.494 e. The number of amides is 1. The van der Waals surface area contributed by atoms with Crippen LogP contribution < -0.4 is 15.8 Å². The van der Waals surface area contributed by atoms with Crippen molar-refractivity contribution in [3.63, 3.8) is 0 Å². The third-order valence-corrected chi connectivity index (χ3v) is 2.83. The molecule has 1 aromatic rings. The smallest absolute Gasteiger partial charge is 0.228 e. The molecular weight excluding hydrogens is 247 g/mol. The number of anilines is 1. The van der Waals surface area contributed by atoms with E-state index >= 15 is 0 Å². The average molecular weight is 268 g/mol. The third kappa shape index (κ3) is 4.52. The topological polar surface area (TPSA) is 64.3 Å². The fourth-order valence-corrected chi connectivity index (χ4v) is 1.86. The maximum absolute atomic E-state index is 13.2. The van der Waals surface area contributed by atoms with Crippen LogP contribution in [0.2, 0.25) is 0 Å². The Morgan fingerprint density at radius 1 is 1.47 bits per heavy atom. The average Bonchev–Trinajstić information content (AvgIpc) is 2.37. The number of rotatable bonds is 6. The molecule has 1 unspecified atom stereocenters. The van der Waals surface area contributed by atoms with Crippen LogP contribution >= 0.6 is 0 Å². The summed E-state index contributed by atoms with van der Waals surface area (Å²) in [6.45, 7) is 4.37. The van der Waals surface area contributed by atoms with Crippen LogP contribution in [0.15, 0.2) is 18.2 Å². The summed E-state index contributed by atoms with van der Waals surface area (Å²) in [4.78, 5) is 12.0. The SMILES string of the molecule is COc1cc(NC(=O)C(CN)CC(C)C)ccc1F. The van der Waals surface area contributed by atoms with Crippen molar-refractivity contribution in [1.82, 2.24) is 0 Å². The van der Waals surface area contributed by atoms with E-state index in [0.29, 0.717) is 18.2 Å². The van der Waals surface area contributed by atoms with E-state index in [1.54, 1.807) is 0 Å². The van der Waals surface area contributed by atoms with Crippen molar-refractivity contribution in [3.05, 3.63) is 24.0 Å². The van der Waals surface area contributed by atoms with Crippen LogP contribution in [0.25, 0.3) is 0 Å². The predicted molar refractivity (Wildman–Crippen MR) is 73.6 cm³/mol. The van der Waals surface area contributed by atoms with Crippen molar-refractivity contribution in [2.75, 3.05) is 19.0 Å². The first-order chi connectivity index (χ1) is 8.97. The van der Waals surface area contributed by atoms with Crippen molar-refractivity contribution < 1.29 is 13.9 Å². The maximum atomic E-state index is 13.2. The van der Waals surface area contributed by atoms with Gasteiger partial charge in [0.2, 0.25) is 5.91 Å². The van der Waals surface area contributed by atoms with Gasteiger partial charge < -0.3 is 15.8 Å². The lowest BCUT2D eigenvalue weighted by atomic mass is 9.96. The molecule has 0 heterocycles. The van der Waals surface area contributed by atoms with E-state index in [2.05, 4.69) is 5.32 Å². The molecule has 1 amide bonds. The second-order valence-electron chi connectivity index (χ2n) is 4.90. The Labute approximate surface area is 113 Å². The highest BCUT2D eigenvalue weighted by atomic mass is 19.1. The number of benzene rings is 1. The van der Waals surface area contributed by atoms with Gasteiger partial charge in [0.05, 0.1) is 13.0 Å². The molecule has 1 aromatic carbocycles. The lowest BCUT2D eigenvalue weighted by Gasteiger charge is -2.17. The quantitative estimate of drug-likeness (QED) is 0.832. The zero-order chi connectivity index (χ0) is 14.4. The second-order valence-corrected chi connectivity index (χ2v) is 4.90. The Morgan fingerprint density at radius 3 is 2.68 bits per heavy atom. The van der Waals surface area contributed by atoms with Crippen molar-refractivity contribution in [1.29, 1.82) is 0 Å². The van der Waals surface area contributed by atoms with Gasteiger partial charge in [-0.1, -0.05) is 13.8 Å². The minimum atomic E-state index is -0.460. The summed E-state index contributed by atoms with van der Waals surface area (Å²) in [6.07, 6.45) is 0.723. The summed E-state index contributed by atoms with van der Waals surface area (Å²) >= 11 is 0. The van der Waals surface area contributed by atoms with Gasteiger partial charge in [0.25, 0.3) is 0 Å². The molecule has 0 bridgehead atoms. The van der Waals surface area contributed by atoms with Crippen molar-refractivity contribution >= 4 is 11.6 Å². The molecule has 4 nitrogen and oxygen atoms in total. The first-order valence-electron chi connectivity index (χ1n) is 6.32. The van der Waals surface area contributed by atoms with Gasteiger partial charge in [0, 0.05) is 18.3 Å². The molecule has 1 rings (SSSR count). The van der Waals surface area contributed by atoms with Crippen LogP contribution in [0.5, 0.6) is 5.75 Å². The van der Waals surface area contributed by atoms with E-state index in [1.165, 1.54) is 25.3 Å². The van der Waals surface area contributed by atoms with Crippen molar-refractivity contribution in [2.45, 2.75) is 20.3 Å². The van der Waals surface area contributed by atoms with Crippen LogP contribution in [-0.2, 0) is 4.79 Å². The van der Waals surface area contributed by atoms with Gasteiger partial charge >= 0.3 is 0 Å². The van der Waals surface area contributed by atoms with E-state index in [0.717, 1.165) is 6.42 Å². The Bertz CT molecular complexity index is 435. The molecule has 106 valence electrons. The highest BCUT2D eigenvalue weighted by Crippen LogP contribution is 2.22. The van der Waals surface area contributed by atoms with Gasteiger partial charge in [-0.3, -0.25) is 4.79 Å². The van der Waals surface area contributed by atoms with Crippen LogP contribution in [0.1, 0.15) is 20.3 Å². The molecule has 0 aromatic heterocycles. The summed E-state index contributed by atoms with van der Waals surface area (Å²) in [5, 5.41) is 2.73. The Balaban J connectivity index is 2.75. The van der Waals surface area contributed by atoms with Crippen molar-refractivity contribution in [3.8, 4) is 5.75 Å². The van der Waals surface area contributed by atoms with Crippen molar-refractivity contribution in [2.24, 2.45) is 17.6 Å². The summed E-state index contributed by atoms with van der Waals surface area (Å²) in [5.74, 6) is -0.355. The zero-order valence-electron chi connectivity index (χ0n) is 11.6. The summed E-state index contributed by atoms with van der Waals surface area (Å²) in [5.41, 5.74) is 6.12. The molecule has 19 heavy (non-hydrogen) atoms. The third-order valence-electron chi connectivity index (χ3n) is 2.83. The number of methoxy groups -OCH3 is 1. The zero-order valence-corrected chi connectivity index (χ0v) is 11.6. The monoisotopic (exact) mass is 268 g/mol. The molecule has 0 aliphatic heterocycles. The lowest BCUT2D eigenvalue weighted by Crippen LogP contribution is -2.30. The van der Waals surface area contributed by atoms with Gasteiger partial charge in [0.1, 0.15) is 0 Å². The summed E-state index contributed by atoms with van der Waals surface area (Å²) in [7, 11) is 1.38. The minimum Gasteiger partial charge on any atom is -0.494 e. The number of nitrogens with one attached hydrogen (secondary N) is 1. The number of carbonyl (C=O) groups excluding carboxylic acids is 1. The number of halogens is 1. The normalized spacial score (nSPS) is 12.3. The van der Waals surface area contributed by atoms with E-state index in [-0.39, 0.29) is 17.6 Å². The van der Waals surface area contributed by atoms with Crippen LogP contribution in [0, 0.1) is 17.7 Å². The molecule has 0 aliphatic carbocycles. The molecule has 0 saturated heterocycles. The summed E-state index contributed by atoms with van der Waals surface area (Å²) in [6, 6.07) is 4.21. The highest BCUT2D eigenvalue weighted by molar-refractivity contribution is 5.92. The molecule has 0 spiro atoms. The van der Waals surface area contributed by atoms with Crippen LogP contribution in [-0.4, -0.2) is 19.6 Å². The maximum Gasteiger partial charge on any atom is 0.228 e. The molecule has 0 radical (unpaired) electrons. The number of carbonyl (C=O) groups is 1. The first kappa shape index (κ1) is 15.4. The molecule has 3 N–H and O–H groups in total. The standard InChI is InChI=1S/C14H21FN2O2/c1-9(2)6-10(8-16)14(18)17-11-4-5-12(15)13(7-11)19-3/h4-5,7,9-10H,6,8,16H2,1-3H3,(H,17,18).